The summed E-state index contributed by atoms with van der Waals surface area (Å²) in [6.45, 7) is 4.59. The van der Waals surface area contributed by atoms with Gasteiger partial charge in [-0.2, -0.15) is 0 Å². The molecule has 0 fully saturated rings. The zero-order valence-electron chi connectivity index (χ0n) is 13.0. The lowest BCUT2D eigenvalue weighted by molar-refractivity contribution is 0.399. The normalized spacial score (nSPS) is 16.0. The Hall–Kier alpha value is -2.02. The average Bonchev–Trinajstić information content (AvgIpc) is 2.98. The average molecular weight is 278 g/mol. The molecule has 1 aliphatic rings. The van der Waals surface area contributed by atoms with E-state index in [1.54, 1.807) is 7.11 Å². The van der Waals surface area contributed by atoms with E-state index < -0.39 is 0 Å². The first-order valence-electron chi connectivity index (χ1n) is 7.63. The van der Waals surface area contributed by atoms with E-state index in [-0.39, 0.29) is 5.41 Å². The molecule has 1 aliphatic carbocycles. The Bertz CT molecular complexity index is 684. The van der Waals surface area contributed by atoms with Crippen LogP contribution in [0.3, 0.4) is 0 Å². The van der Waals surface area contributed by atoms with Crippen molar-refractivity contribution in [3.63, 3.8) is 0 Å². The van der Waals surface area contributed by atoms with E-state index in [4.69, 9.17) is 4.74 Å². The van der Waals surface area contributed by atoms with Crippen molar-refractivity contribution in [1.29, 1.82) is 0 Å². The fourth-order valence-electron chi connectivity index (χ4n) is 3.43. The number of benzene rings is 2. The van der Waals surface area contributed by atoms with Gasteiger partial charge in [-0.05, 0) is 35.6 Å². The summed E-state index contributed by atoms with van der Waals surface area (Å²) in [4.78, 5) is 0. The van der Waals surface area contributed by atoms with E-state index in [1.165, 1.54) is 22.3 Å². The molecule has 108 valence electrons. The molecule has 0 spiro atoms. The Morgan fingerprint density at radius 1 is 1.05 bits per heavy atom. The molecule has 0 aromatic heterocycles. The van der Waals surface area contributed by atoms with E-state index in [0.717, 1.165) is 18.6 Å². The molecule has 1 nitrogen and oxygen atoms in total. The minimum Gasteiger partial charge on any atom is -0.496 e. The molecule has 3 rings (SSSR count). The molecule has 0 saturated carbocycles. The molecule has 21 heavy (non-hydrogen) atoms. The van der Waals surface area contributed by atoms with Crippen LogP contribution in [0.5, 0.6) is 5.75 Å². The maximum absolute atomic E-state index is 5.61. The summed E-state index contributed by atoms with van der Waals surface area (Å²) in [5, 5.41) is 0. The molecule has 0 N–H and O–H groups in total. The first kappa shape index (κ1) is 13.9. The number of allylic oxidation sites excluding steroid dienone is 2. The molecular weight excluding hydrogens is 256 g/mol. The molecule has 1 unspecified atom stereocenters. The van der Waals surface area contributed by atoms with Crippen molar-refractivity contribution in [3.8, 4) is 5.75 Å². The first-order chi connectivity index (χ1) is 10.2. The third kappa shape index (κ3) is 2.17. The van der Waals surface area contributed by atoms with Gasteiger partial charge in [0.1, 0.15) is 5.75 Å². The Morgan fingerprint density at radius 2 is 1.76 bits per heavy atom. The third-order valence-corrected chi connectivity index (χ3v) is 4.84. The topological polar surface area (TPSA) is 9.23 Å². The molecule has 0 bridgehead atoms. The highest BCUT2D eigenvalue weighted by Crippen LogP contribution is 2.47. The predicted octanol–water partition coefficient (Wildman–Crippen LogP) is 5.00. The minimum absolute atomic E-state index is 0.0147. The van der Waals surface area contributed by atoms with E-state index in [0.29, 0.717) is 0 Å². The summed E-state index contributed by atoms with van der Waals surface area (Å²) in [5.74, 6) is 0.979. The molecule has 1 atom stereocenters. The van der Waals surface area contributed by atoms with Crippen LogP contribution < -0.4 is 4.74 Å². The highest BCUT2D eigenvalue weighted by molar-refractivity contribution is 5.81. The molecule has 0 amide bonds. The van der Waals surface area contributed by atoms with Crippen LogP contribution in [0.15, 0.2) is 54.6 Å². The molecule has 2 aromatic carbocycles. The Labute approximate surface area is 127 Å². The number of hydrogen-bond acceptors (Lipinski definition) is 1. The zero-order chi connectivity index (χ0) is 14.9. The van der Waals surface area contributed by atoms with Crippen LogP contribution in [0.25, 0.3) is 5.57 Å². The fourth-order valence-corrected chi connectivity index (χ4v) is 3.43. The van der Waals surface area contributed by atoms with Gasteiger partial charge in [0.25, 0.3) is 0 Å². The van der Waals surface area contributed by atoms with Gasteiger partial charge in [-0.15, -0.1) is 0 Å². The summed E-state index contributed by atoms with van der Waals surface area (Å²) in [6.07, 6.45) is 4.48. The number of rotatable bonds is 4. The molecule has 0 aliphatic heterocycles. The Morgan fingerprint density at radius 3 is 2.52 bits per heavy atom. The van der Waals surface area contributed by atoms with E-state index in [2.05, 4.69) is 62.4 Å². The SMILES string of the molecule is CCC(C)(C1=CCc2ccccc21)c1ccccc1OC. The van der Waals surface area contributed by atoms with Crippen molar-refractivity contribution in [3.05, 3.63) is 71.3 Å². The van der Waals surface area contributed by atoms with Crippen LogP contribution in [-0.4, -0.2) is 7.11 Å². The van der Waals surface area contributed by atoms with Crippen molar-refractivity contribution in [2.24, 2.45) is 0 Å². The summed E-state index contributed by atoms with van der Waals surface area (Å²) in [7, 11) is 1.76. The van der Waals surface area contributed by atoms with Crippen LogP contribution >= 0.6 is 0 Å². The second-order valence-electron chi connectivity index (χ2n) is 5.87. The number of fused-ring (bicyclic) bond motifs is 1. The summed E-state index contributed by atoms with van der Waals surface area (Å²) < 4.78 is 5.61. The number of para-hydroxylation sites is 1. The van der Waals surface area contributed by atoms with E-state index >= 15 is 0 Å². The van der Waals surface area contributed by atoms with Gasteiger partial charge < -0.3 is 4.74 Å². The molecule has 2 aromatic rings. The summed E-state index contributed by atoms with van der Waals surface area (Å²) in [6, 6.07) is 17.1. The highest BCUT2D eigenvalue weighted by atomic mass is 16.5. The second-order valence-corrected chi connectivity index (χ2v) is 5.87. The monoisotopic (exact) mass is 278 g/mol. The molecular formula is C20H22O. The highest BCUT2D eigenvalue weighted by Gasteiger charge is 2.35. The van der Waals surface area contributed by atoms with Gasteiger partial charge in [0.2, 0.25) is 0 Å². The second kappa shape index (κ2) is 5.40. The van der Waals surface area contributed by atoms with E-state index in [9.17, 15) is 0 Å². The van der Waals surface area contributed by atoms with Crippen molar-refractivity contribution in [1.82, 2.24) is 0 Å². The largest absolute Gasteiger partial charge is 0.496 e. The predicted molar refractivity (Wildman–Crippen MR) is 88.8 cm³/mol. The number of hydrogen-bond donors (Lipinski definition) is 0. The Kier molecular flexibility index (Phi) is 3.59. The molecule has 0 saturated heterocycles. The third-order valence-electron chi connectivity index (χ3n) is 4.84. The number of methoxy groups -OCH3 is 1. The quantitative estimate of drug-likeness (QED) is 0.764. The molecule has 1 heteroatoms. The van der Waals surface area contributed by atoms with Crippen LogP contribution in [0.4, 0.5) is 0 Å². The van der Waals surface area contributed by atoms with Gasteiger partial charge in [0, 0.05) is 11.0 Å². The zero-order valence-corrected chi connectivity index (χ0v) is 13.0. The van der Waals surface area contributed by atoms with Crippen molar-refractivity contribution >= 4 is 5.57 Å². The van der Waals surface area contributed by atoms with Crippen LogP contribution in [-0.2, 0) is 11.8 Å². The lowest BCUT2D eigenvalue weighted by Gasteiger charge is -2.33. The van der Waals surface area contributed by atoms with Crippen LogP contribution in [0.1, 0.15) is 37.0 Å². The molecule has 0 radical (unpaired) electrons. The van der Waals surface area contributed by atoms with Gasteiger partial charge in [0.15, 0.2) is 0 Å². The van der Waals surface area contributed by atoms with Gasteiger partial charge in [-0.25, -0.2) is 0 Å². The lowest BCUT2D eigenvalue weighted by Crippen LogP contribution is -2.23. The maximum Gasteiger partial charge on any atom is 0.122 e. The molecule has 0 heterocycles. The van der Waals surface area contributed by atoms with Gasteiger partial charge in [-0.3, -0.25) is 0 Å². The fraction of sp³-hybridized carbons (Fsp3) is 0.300. The van der Waals surface area contributed by atoms with E-state index in [1.807, 2.05) is 6.07 Å². The smallest absolute Gasteiger partial charge is 0.122 e. The first-order valence-corrected chi connectivity index (χ1v) is 7.63. The maximum atomic E-state index is 5.61. The van der Waals surface area contributed by atoms with Crippen LogP contribution in [0.2, 0.25) is 0 Å². The van der Waals surface area contributed by atoms with Crippen molar-refractivity contribution in [2.75, 3.05) is 7.11 Å². The van der Waals surface area contributed by atoms with Gasteiger partial charge in [-0.1, -0.05) is 62.4 Å². The summed E-state index contributed by atoms with van der Waals surface area (Å²) in [5.41, 5.74) is 5.53. The minimum atomic E-state index is -0.0147. The van der Waals surface area contributed by atoms with Gasteiger partial charge in [0.05, 0.1) is 7.11 Å². The van der Waals surface area contributed by atoms with Crippen molar-refractivity contribution < 1.29 is 4.74 Å². The van der Waals surface area contributed by atoms with Gasteiger partial charge >= 0.3 is 0 Å². The number of ether oxygens (including phenoxy) is 1. The lowest BCUT2D eigenvalue weighted by atomic mass is 9.71. The van der Waals surface area contributed by atoms with Crippen LogP contribution in [0, 0.1) is 0 Å². The van der Waals surface area contributed by atoms with Crippen molar-refractivity contribution in [2.45, 2.75) is 32.1 Å². The standard InChI is InChI=1S/C20H22O/c1-4-20(2,18-11-7-8-12-19(18)21-3)17-14-13-15-9-5-6-10-16(15)17/h5-12,14H,4,13H2,1-3H3. The Balaban J connectivity index is 2.14. The summed E-state index contributed by atoms with van der Waals surface area (Å²) >= 11 is 0.